The first kappa shape index (κ1) is 20.5. The maximum absolute atomic E-state index is 13.1. The van der Waals surface area contributed by atoms with Crippen molar-refractivity contribution in [1.29, 1.82) is 0 Å². The molecule has 1 N–H and O–H groups in total. The molecule has 2 amide bonds. The predicted octanol–water partition coefficient (Wildman–Crippen LogP) is 3.92. The lowest BCUT2D eigenvalue weighted by Gasteiger charge is -2.14. The van der Waals surface area contributed by atoms with E-state index in [0.29, 0.717) is 35.7 Å². The van der Waals surface area contributed by atoms with E-state index in [4.69, 9.17) is 9.47 Å². The van der Waals surface area contributed by atoms with Gasteiger partial charge in [-0.25, -0.2) is 0 Å². The van der Waals surface area contributed by atoms with Crippen molar-refractivity contribution < 1.29 is 19.1 Å². The van der Waals surface area contributed by atoms with E-state index in [-0.39, 0.29) is 17.5 Å². The quantitative estimate of drug-likeness (QED) is 0.721. The van der Waals surface area contributed by atoms with Gasteiger partial charge < -0.3 is 14.8 Å². The molecular weight excluding hydrogens is 368 g/mol. The van der Waals surface area contributed by atoms with E-state index in [1.165, 1.54) is 4.90 Å². The monoisotopic (exact) mass is 394 g/mol. The molecule has 0 bridgehead atoms. The van der Waals surface area contributed by atoms with E-state index < -0.39 is 0 Å². The summed E-state index contributed by atoms with van der Waals surface area (Å²) in [5.41, 5.74) is 4.07. The Labute approximate surface area is 171 Å². The lowest BCUT2D eigenvalue weighted by Crippen LogP contribution is -2.33. The molecule has 6 heteroatoms. The van der Waals surface area contributed by atoms with E-state index >= 15 is 0 Å². The van der Waals surface area contributed by atoms with Gasteiger partial charge in [-0.2, -0.15) is 0 Å². The molecule has 0 spiro atoms. The number of carbonyl (C=O) groups excluding carboxylic acids is 2. The molecule has 6 nitrogen and oxygen atoms in total. The highest BCUT2D eigenvalue weighted by Gasteiger charge is 2.39. The minimum Gasteiger partial charge on any atom is -0.497 e. The fraction of sp³-hybridized carbons (Fsp3) is 0.304. The molecule has 0 radical (unpaired) electrons. The zero-order valence-corrected chi connectivity index (χ0v) is 17.5. The smallest absolute Gasteiger partial charge is 0.278 e. The minimum atomic E-state index is -0.325. The second kappa shape index (κ2) is 8.39. The lowest BCUT2D eigenvalue weighted by atomic mass is 9.97. The molecule has 0 fully saturated rings. The van der Waals surface area contributed by atoms with Crippen LogP contribution < -0.4 is 14.8 Å². The number of carbonyl (C=O) groups is 2. The van der Waals surface area contributed by atoms with Crippen LogP contribution >= 0.6 is 0 Å². The molecule has 152 valence electrons. The number of ether oxygens (including phenoxy) is 2. The number of aryl methyl sites for hydroxylation is 2. The van der Waals surface area contributed by atoms with Gasteiger partial charge in [-0.1, -0.05) is 30.7 Å². The third-order valence-electron chi connectivity index (χ3n) is 4.89. The van der Waals surface area contributed by atoms with Crippen molar-refractivity contribution in [3.63, 3.8) is 0 Å². The van der Waals surface area contributed by atoms with Gasteiger partial charge >= 0.3 is 0 Å². The Bertz CT molecular complexity index is 972. The first-order valence-electron chi connectivity index (χ1n) is 9.57. The number of methoxy groups -OCH3 is 2. The topological polar surface area (TPSA) is 67.9 Å². The Kier molecular flexibility index (Phi) is 5.92. The van der Waals surface area contributed by atoms with Gasteiger partial charge in [0, 0.05) is 30.4 Å². The summed E-state index contributed by atoms with van der Waals surface area (Å²) in [4.78, 5) is 27.6. The number of amides is 2. The highest BCUT2D eigenvalue weighted by molar-refractivity contribution is 6.36. The molecule has 2 aromatic carbocycles. The Balaban J connectivity index is 2.13. The normalized spacial score (nSPS) is 13.9. The maximum Gasteiger partial charge on any atom is 0.278 e. The van der Waals surface area contributed by atoms with Crippen molar-refractivity contribution in [1.82, 2.24) is 4.90 Å². The van der Waals surface area contributed by atoms with Gasteiger partial charge in [-0.3, -0.25) is 14.5 Å². The number of hydrogen-bond donors (Lipinski definition) is 1. The van der Waals surface area contributed by atoms with E-state index in [0.717, 1.165) is 16.7 Å². The van der Waals surface area contributed by atoms with Crippen LogP contribution in [0.3, 0.4) is 0 Å². The van der Waals surface area contributed by atoms with E-state index in [1.54, 1.807) is 32.4 Å². The first-order chi connectivity index (χ1) is 13.9. The summed E-state index contributed by atoms with van der Waals surface area (Å²) in [7, 11) is 3.12. The largest absolute Gasteiger partial charge is 0.497 e. The Morgan fingerprint density at radius 2 is 1.59 bits per heavy atom. The molecule has 29 heavy (non-hydrogen) atoms. The summed E-state index contributed by atoms with van der Waals surface area (Å²) < 4.78 is 10.6. The van der Waals surface area contributed by atoms with Gasteiger partial charge in [0.05, 0.1) is 19.8 Å². The van der Waals surface area contributed by atoms with Gasteiger partial charge in [0.1, 0.15) is 17.2 Å². The van der Waals surface area contributed by atoms with Gasteiger partial charge in [0.15, 0.2) is 0 Å². The molecule has 0 aromatic heterocycles. The van der Waals surface area contributed by atoms with Crippen LogP contribution in [0, 0.1) is 13.8 Å². The summed E-state index contributed by atoms with van der Waals surface area (Å²) in [5, 5.41) is 3.16. The molecule has 2 aromatic rings. The summed E-state index contributed by atoms with van der Waals surface area (Å²) in [6.45, 7) is 6.26. The van der Waals surface area contributed by atoms with E-state index in [1.807, 2.05) is 39.0 Å². The molecule has 0 aliphatic carbocycles. The lowest BCUT2D eigenvalue weighted by molar-refractivity contribution is -0.136. The van der Waals surface area contributed by atoms with E-state index in [9.17, 15) is 9.59 Å². The zero-order chi connectivity index (χ0) is 21.1. The number of nitrogens with zero attached hydrogens (tertiary/aromatic N) is 1. The maximum atomic E-state index is 13.1. The second-order valence-corrected chi connectivity index (χ2v) is 7.06. The van der Waals surface area contributed by atoms with Crippen LogP contribution in [0.4, 0.5) is 5.69 Å². The van der Waals surface area contributed by atoms with Crippen LogP contribution in [-0.2, 0) is 9.59 Å². The highest BCUT2D eigenvalue weighted by atomic mass is 16.5. The SMILES string of the molecule is CCCN1C(=O)C(Nc2cc(OC)cc(OC)c2)=C(c2ccc(C)cc2C)C1=O. The summed E-state index contributed by atoms with van der Waals surface area (Å²) in [5.74, 6) is 0.570. The minimum absolute atomic E-state index is 0.269. The average Bonchev–Trinajstić information content (AvgIpc) is 2.92. The number of imide groups is 1. The van der Waals surface area contributed by atoms with Crippen molar-refractivity contribution in [3.8, 4) is 11.5 Å². The van der Waals surface area contributed by atoms with Crippen molar-refractivity contribution in [2.24, 2.45) is 0 Å². The standard InChI is InChI=1S/C23H26N2O4/c1-6-9-25-22(26)20(19-8-7-14(2)10-15(19)3)21(23(25)27)24-16-11-17(28-4)13-18(12-16)29-5/h7-8,10-13,24H,6,9H2,1-5H3. The molecule has 0 saturated carbocycles. The molecule has 1 aliphatic rings. The zero-order valence-electron chi connectivity index (χ0n) is 17.5. The number of benzene rings is 2. The van der Waals surface area contributed by atoms with E-state index in [2.05, 4.69) is 5.32 Å². The molecule has 0 atom stereocenters. The molecule has 0 unspecified atom stereocenters. The van der Waals surface area contributed by atoms with Gasteiger partial charge in [0.2, 0.25) is 0 Å². The fourth-order valence-electron chi connectivity index (χ4n) is 3.49. The average molecular weight is 394 g/mol. The van der Waals surface area contributed by atoms with Crippen molar-refractivity contribution in [2.45, 2.75) is 27.2 Å². The third-order valence-corrected chi connectivity index (χ3v) is 4.89. The number of anilines is 1. The number of nitrogens with one attached hydrogen (secondary N) is 1. The van der Waals surface area contributed by atoms with Crippen LogP contribution in [0.2, 0.25) is 0 Å². The van der Waals surface area contributed by atoms with Gasteiger partial charge in [-0.15, -0.1) is 0 Å². The predicted molar refractivity (Wildman–Crippen MR) is 113 cm³/mol. The Morgan fingerprint density at radius 1 is 0.931 bits per heavy atom. The van der Waals surface area contributed by atoms with Crippen LogP contribution in [0.5, 0.6) is 11.5 Å². The Hall–Kier alpha value is -3.28. The van der Waals surface area contributed by atoms with Crippen LogP contribution in [0.15, 0.2) is 42.1 Å². The van der Waals surface area contributed by atoms with Gasteiger partial charge in [-0.05, 0) is 31.4 Å². The van der Waals surface area contributed by atoms with Crippen LogP contribution in [0.1, 0.15) is 30.0 Å². The van der Waals surface area contributed by atoms with Crippen LogP contribution in [0.25, 0.3) is 5.57 Å². The fourth-order valence-corrected chi connectivity index (χ4v) is 3.49. The Morgan fingerprint density at radius 3 is 2.14 bits per heavy atom. The van der Waals surface area contributed by atoms with Crippen molar-refractivity contribution in [3.05, 3.63) is 58.8 Å². The third kappa shape index (κ3) is 3.97. The second-order valence-electron chi connectivity index (χ2n) is 7.06. The van der Waals surface area contributed by atoms with Crippen LogP contribution in [-0.4, -0.2) is 37.5 Å². The summed E-state index contributed by atoms with van der Waals surface area (Å²) in [6, 6.07) is 11.1. The number of rotatable bonds is 7. The molecule has 1 heterocycles. The highest BCUT2D eigenvalue weighted by Crippen LogP contribution is 2.34. The molecule has 0 saturated heterocycles. The van der Waals surface area contributed by atoms with Gasteiger partial charge in [0.25, 0.3) is 11.8 Å². The molecule has 3 rings (SSSR count). The molecule has 1 aliphatic heterocycles. The van der Waals surface area contributed by atoms with Crippen molar-refractivity contribution in [2.75, 3.05) is 26.1 Å². The van der Waals surface area contributed by atoms with Crippen molar-refractivity contribution >= 4 is 23.1 Å². The summed E-state index contributed by atoms with van der Waals surface area (Å²) >= 11 is 0. The molecular formula is C23H26N2O4. The number of hydrogen-bond acceptors (Lipinski definition) is 5. The summed E-state index contributed by atoms with van der Waals surface area (Å²) in [6.07, 6.45) is 0.692. The first-order valence-corrected chi connectivity index (χ1v) is 9.57.